The Bertz CT molecular complexity index is 716. The topological polar surface area (TPSA) is 49.9 Å². The van der Waals surface area contributed by atoms with Crippen molar-refractivity contribution in [3.63, 3.8) is 0 Å². The number of piperidine rings is 1. The zero-order chi connectivity index (χ0) is 18.5. The summed E-state index contributed by atoms with van der Waals surface area (Å²) in [6, 6.07) is 8.40. The van der Waals surface area contributed by atoms with Crippen LogP contribution in [0.5, 0.6) is 5.75 Å². The Morgan fingerprint density at radius 1 is 1.19 bits per heavy atom. The van der Waals surface area contributed by atoms with Crippen molar-refractivity contribution >= 4 is 11.8 Å². The van der Waals surface area contributed by atoms with Crippen LogP contribution in [0.3, 0.4) is 0 Å². The summed E-state index contributed by atoms with van der Waals surface area (Å²) in [5, 5.41) is 0. The Balaban J connectivity index is 1.52. The van der Waals surface area contributed by atoms with E-state index in [1.54, 1.807) is 6.92 Å². The number of nitrogens with zero attached hydrogens (tertiary/aromatic N) is 2. The van der Waals surface area contributed by atoms with Crippen molar-refractivity contribution in [1.29, 1.82) is 0 Å². The molecule has 1 aliphatic carbocycles. The molecule has 2 amide bonds. The van der Waals surface area contributed by atoms with Crippen molar-refractivity contribution in [3.05, 3.63) is 29.8 Å². The average molecular weight is 356 g/mol. The molecule has 3 aliphatic rings. The van der Waals surface area contributed by atoms with Gasteiger partial charge in [0.15, 0.2) is 6.61 Å². The first-order valence-electron chi connectivity index (χ1n) is 9.68. The van der Waals surface area contributed by atoms with Crippen LogP contribution in [-0.2, 0) is 9.59 Å². The Morgan fingerprint density at radius 2 is 1.88 bits per heavy atom. The molecule has 4 atom stereocenters. The standard InChI is InChI=1S/C21H28N2O3/c1-14-7-9-17(10-8-14)26-13-20(25)23-16-11-21(3)18(5-4-6-19(21)23)22(12-16)15(2)24/h7-10,16,18-19H,4-6,11-13H2,1-3H3/t16-,18+,19-,21+/m0/s1. The van der Waals surface area contributed by atoms with E-state index in [0.717, 1.165) is 31.4 Å². The van der Waals surface area contributed by atoms with Gasteiger partial charge >= 0.3 is 0 Å². The van der Waals surface area contributed by atoms with Crippen LogP contribution in [0.2, 0.25) is 0 Å². The lowest BCUT2D eigenvalue weighted by atomic mass is 9.66. The van der Waals surface area contributed by atoms with Gasteiger partial charge in [0.25, 0.3) is 5.91 Å². The van der Waals surface area contributed by atoms with E-state index >= 15 is 0 Å². The fourth-order valence-electron chi connectivity index (χ4n) is 5.57. The molecule has 4 rings (SSSR count). The smallest absolute Gasteiger partial charge is 0.261 e. The molecule has 2 heterocycles. The van der Waals surface area contributed by atoms with Crippen molar-refractivity contribution in [1.82, 2.24) is 9.80 Å². The average Bonchev–Trinajstić information content (AvgIpc) is 2.90. The minimum atomic E-state index is 0.0202. The summed E-state index contributed by atoms with van der Waals surface area (Å²) < 4.78 is 5.76. The van der Waals surface area contributed by atoms with E-state index in [1.165, 1.54) is 5.56 Å². The normalized spacial score (nSPS) is 32.5. The van der Waals surface area contributed by atoms with Crippen molar-refractivity contribution in [2.45, 2.75) is 64.6 Å². The molecular formula is C21H28N2O3. The quantitative estimate of drug-likeness (QED) is 0.837. The van der Waals surface area contributed by atoms with Gasteiger partial charge < -0.3 is 14.5 Å². The fourth-order valence-corrected chi connectivity index (χ4v) is 5.57. The van der Waals surface area contributed by atoms with Crippen LogP contribution in [0.25, 0.3) is 0 Å². The second-order valence-corrected chi connectivity index (χ2v) is 8.40. The summed E-state index contributed by atoms with van der Waals surface area (Å²) in [7, 11) is 0. The lowest BCUT2D eigenvalue weighted by molar-refractivity contribution is -0.138. The lowest BCUT2D eigenvalue weighted by Crippen LogP contribution is -2.57. The monoisotopic (exact) mass is 356 g/mol. The van der Waals surface area contributed by atoms with Gasteiger partial charge in [-0.2, -0.15) is 0 Å². The van der Waals surface area contributed by atoms with E-state index in [4.69, 9.17) is 4.74 Å². The highest BCUT2D eigenvalue weighted by atomic mass is 16.5. The van der Waals surface area contributed by atoms with Gasteiger partial charge in [0, 0.05) is 31.0 Å². The van der Waals surface area contributed by atoms with Crippen LogP contribution in [0.15, 0.2) is 24.3 Å². The van der Waals surface area contributed by atoms with Gasteiger partial charge in [0.1, 0.15) is 5.75 Å². The molecule has 0 spiro atoms. The Hall–Kier alpha value is -2.04. The van der Waals surface area contributed by atoms with Crippen LogP contribution < -0.4 is 4.74 Å². The maximum absolute atomic E-state index is 13.0. The fraction of sp³-hybridized carbons (Fsp3) is 0.619. The van der Waals surface area contributed by atoms with Crippen LogP contribution in [-0.4, -0.2) is 52.9 Å². The number of hydrogen-bond donors (Lipinski definition) is 0. The number of aryl methyl sites for hydroxylation is 1. The van der Waals surface area contributed by atoms with E-state index in [1.807, 2.05) is 36.1 Å². The largest absolute Gasteiger partial charge is 0.484 e. The maximum atomic E-state index is 13.0. The van der Waals surface area contributed by atoms with Gasteiger partial charge in [-0.1, -0.05) is 24.6 Å². The number of hydrogen-bond acceptors (Lipinski definition) is 3. The zero-order valence-corrected chi connectivity index (χ0v) is 15.9. The first kappa shape index (κ1) is 17.4. The minimum absolute atomic E-state index is 0.0202. The molecule has 5 heteroatoms. The van der Waals surface area contributed by atoms with Crippen LogP contribution >= 0.6 is 0 Å². The summed E-state index contributed by atoms with van der Waals surface area (Å²) in [5.41, 5.74) is 1.19. The van der Waals surface area contributed by atoms with Gasteiger partial charge in [0.2, 0.25) is 5.91 Å². The highest BCUT2D eigenvalue weighted by Crippen LogP contribution is 2.54. The van der Waals surface area contributed by atoms with E-state index in [2.05, 4.69) is 11.8 Å². The van der Waals surface area contributed by atoms with Gasteiger partial charge in [-0.25, -0.2) is 0 Å². The predicted octanol–water partition coefficient (Wildman–Crippen LogP) is 2.76. The minimum Gasteiger partial charge on any atom is -0.484 e. The van der Waals surface area contributed by atoms with Crippen LogP contribution in [0.1, 0.15) is 45.1 Å². The van der Waals surface area contributed by atoms with Gasteiger partial charge in [-0.15, -0.1) is 0 Å². The molecule has 2 saturated heterocycles. The van der Waals surface area contributed by atoms with Gasteiger partial charge in [-0.05, 0) is 44.7 Å². The van der Waals surface area contributed by atoms with Crippen molar-refractivity contribution < 1.29 is 14.3 Å². The second-order valence-electron chi connectivity index (χ2n) is 8.40. The van der Waals surface area contributed by atoms with Gasteiger partial charge in [0.05, 0.1) is 6.04 Å². The Labute approximate surface area is 155 Å². The molecule has 1 aromatic carbocycles. The maximum Gasteiger partial charge on any atom is 0.261 e. The summed E-state index contributed by atoms with van der Waals surface area (Å²) in [6.45, 7) is 6.70. The lowest BCUT2D eigenvalue weighted by Gasteiger charge is -2.49. The Kier molecular flexibility index (Phi) is 4.20. The zero-order valence-electron chi connectivity index (χ0n) is 15.9. The summed E-state index contributed by atoms with van der Waals surface area (Å²) in [5.74, 6) is 0.913. The molecule has 0 unspecified atom stereocenters. The first-order valence-corrected chi connectivity index (χ1v) is 9.68. The SMILES string of the molecule is CC(=O)N1C[C@@H]2C[C@@]3(C)[C@H](CCC[C@@H]13)N2C(=O)COc1ccc(C)cc1. The third-order valence-corrected chi connectivity index (χ3v) is 6.74. The predicted molar refractivity (Wildman–Crippen MR) is 98.8 cm³/mol. The van der Waals surface area contributed by atoms with E-state index in [9.17, 15) is 9.59 Å². The number of rotatable bonds is 3. The highest BCUT2D eigenvalue weighted by molar-refractivity contribution is 5.80. The van der Waals surface area contributed by atoms with Crippen LogP contribution in [0, 0.1) is 12.3 Å². The number of fused-ring (bicyclic) bond motifs is 1. The molecule has 0 N–H and O–H groups in total. The third-order valence-electron chi connectivity index (χ3n) is 6.74. The number of carbonyl (C=O) groups excluding carboxylic acids is 2. The molecule has 1 aromatic rings. The van der Waals surface area contributed by atoms with Crippen molar-refractivity contribution in [2.24, 2.45) is 5.41 Å². The first-order chi connectivity index (χ1) is 12.4. The van der Waals surface area contributed by atoms with Crippen LogP contribution in [0.4, 0.5) is 0 Å². The molecule has 0 radical (unpaired) electrons. The second kappa shape index (κ2) is 6.29. The number of ether oxygens (including phenoxy) is 1. The van der Waals surface area contributed by atoms with Crippen molar-refractivity contribution in [2.75, 3.05) is 13.2 Å². The van der Waals surface area contributed by atoms with Gasteiger partial charge in [-0.3, -0.25) is 9.59 Å². The molecule has 2 aliphatic heterocycles. The summed E-state index contributed by atoms with van der Waals surface area (Å²) in [6.07, 6.45) is 4.17. The van der Waals surface area contributed by atoms with Crippen molar-refractivity contribution in [3.8, 4) is 5.75 Å². The molecule has 0 aromatic heterocycles. The Morgan fingerprint density at radius 3 is 2.58 bits per heavy atom. The number of carbonyl (C=O) groups is 2. The number of likely N-dealkylation sites (tertiary alicyclic amines) is 2. The molecular weight excluding hydrogens is 328 g/mol. The number of benzene rings is 1. The number of amides is 2. The van der Waals surface area contributed by atoms with E-state index in [-0.39, 0.29) is 42.0 Å². The van der Waals surface area contributed by atoms with E-state index < -0.39 is 0 Å². The molecule has 2 bridgehead atoms. The summed E-state index contributed by atoms with van der Waals surface area (Å²) >= 11 is 0. The molecule has 1 saturated carbocycles. The highest BCUT2D eigenvalue weighted by Gasteiger charge is 2.61. The van der Waals surface area contributed by atoms with E-state index in [0.29, 0.717) is 6.54 Å². The molecule has 3 fully saturated rings. The third kappa shape index (κ3) is 2.68. The summed E-state index contributed by atoms with van der Waals surface area (Å²) in [4.78, 5) is 29.3. The molecule has 26 heavy (non-hydrogen) atoms. The molecule has 5 nitrogen and oxygen atoms in total. The molecule has 140 valence electrons.